The van der Waals surface area contributed by atoms with E-state index in [4.69, 9.17) is 23.2 Å². The fraction of sp³-hybridized carbons (Fsp3) is 0.500. The highest BCUT2D eigenvalue weighted by molar-refractivity contribution is 7.98. The topological polar surface area (TPSA) is 12.0 Å². The van der Waals surface area contributed by atoms with Gasteiger partial charge in [-0.15, -0.1) is 0 Å². The molecule has 1 nitrogen and oxygen atoms in total. The number of thioether (sulfide) groups is 1. The molecule has 1 N–H and O–H groups in total. The number of hydrogen-bond donors (Lipinski definition) is 1. The lowest BCUT2D eigenvalue weighted by molar-refractivity contribution is 0.552. The van der Waals surface area contributed by atoms with Crippen LogP contribution in [0.2, 0.25) is 10.0 Å². The van der Waals surface area contributed by atoms with Crippen LogP contribution in [0.5, 0.6) is 0 Å². The van der Waals surface area contributed by atoms with Gasteiger partial charge in [0.25, 0.3) is 0 Å². The smallest absolute Gasteiger partial charge is 0.0471 e. The van der Waals surface area contributed by atoms with Crippen molar-refractivity contribution in [3.05, 3.63) is 33.3 Å². The summed E-state index contributed by atoms with van der Waals surface area (Å²) in [6.07, 6.45) is 4.33. The van der Waals surface area contributed by atoms with Crippen molar-refractivity contribution in [1.29, 1.82) is 0 Å². The molecule has 1 unspecified atom stereocenters. The van der Waals surface area contributed by atoms with Crippen LogP contribution in [-0.2, 0) is 6.42 Å². The second-order valence-electron chi connectivity index (χ2n) is 4.00. The zero-order chi connectivity index (χ0) is 11.5. The lowest BCUT2D eigenvalue weighted by Gasteiger charge is -2.15. The number of nitrogens with one attached hydrogen (secondary N) is 1. The molecule has 4 heteroatoms. The number of halogens is 2. The summed E-state index contributed by atoms with van der Waals surface area (Å²) in [5.41, 5.74) is 2.56. The minimum absolute atomic E-state index is 0.409. The predicted molar refractivity (Wildman–Crippen MR) is 73.9 cm³/mol. The van der Waals surface area contributed by atoms with Crippen LogP contribution in [0.3, 0.4) is 0 Å². The Labute approximate surface area is 111 Å². The fourth-order valence-corrected chi connectivity index (χ4v) is 3.21. The molecule has 0 amide bonds. The third-order valence-corrected chi connectivity index (χ3v) is 4.07. The molecular weight excluding hydrogens is 261 g/mol. The van der Waals surface area contributed by atoms with E-state index in [-0.39, 0.29) is 0 Å². The fourth-order valence-electron chi connectivity index (χ4n) is 2.22. The van der Waals surface area contributed by atoms with Crippen molar-refractivity contribution in [2.24, 2.45) is 0 Å². The van der Waals surface area contributed by atoms with E-state index in [1.165, 1.54) is 11.1 Å². The van der Waals surface area contributed by atoms with Crippen molar-refractivity contribution in [1.82, 2.24) is 5.32 Å². The molecule has 1 atom stereocenters. The molecule has 0 radical (unpaired) electrons. The predicted octanol–water partition coefficient (Wildman–Crippen LogP) is 3.93. The third kappa shape index (κ3) is 2.67. The van der Waals surface area contributed by atoms with Crippen LogP contribution in [0.15, 0.2) is 12.1 Å². The molecule has 88 valence electrons. The van der Waals surface area contributed by atoms with Crippen LogP contribution >= 0.6 is 35.0 Å². The van der Waals surface area contributed by atoms with Crippen molar-refractivity contribution >= 4 is 35.0 Å². The average Bonchev–Trinajstić information content (AvgIpc) is 2.62. The summed E-state index contributed by atoms with van der Waals surface area (Å²) >= 11 is 14.1. The maximum absolute atomic E-state index is 6.25. The van der Waals surface area contributed by atoms with E-state index in [1.54, 1.807) is 0 Å². The normalized spacial score (nSPS) is 18.8. The summed E-state index contributed by atoms with van der Waals surface area (Å²) in [4.78, 5) is 0. The molecule has 0 saturated heterocycles. The zero-order valence-corrected chi connectivity index (χ0v) is 11.6. The molecule has 0 heterocycles. The maximum Gasteiger partial charge on any atom is 0.0471 e. The van der Waals surface area contributed by atoms with Crippen LogP contribution in [0.1, 0.15) is 23.6 Å². The number of fused-ring (bicyclic) bond motifs is 1. The second kappa shape index (κ2) is 5.63. The Bertz CT molecular complexity index is 382. The number of hydrogen-bond acceptors (Lipinski definition) is 2. The first kappa shape index (κ1) is 12.6. The lowest BCUT2D eigenvalue weighted by atomic mass is 10.1. The average molecular weight is 276 g/mol. The van der Waals surface area contributed by atoms with Crippen LogP contribution in [0.4, 0.5) is 0 Å². The van der Waals surface area contributed by atoms with Crippen LogP contribution in [0.25, 0.3) is 0 Å². The van der Waals surface area contributed by atoms with Gasteiger partial charge in [0.2, 0.25) is 0 Å². The Morgan fingerprint density at radius 1 is 1.44 bits per heavy atom. The van der Waals surface area contributed by atoms with Gasteiger partial charge in [-0.3, -0.25) is 0 Å². The number of aryl methyl sites for hydroxylation is 1. The van der Waals surface area contributed by atoms with E-state index >= 15 is 0 Å². The second-order valence-corrected chi connectivity index (χ2v) is 5.83. The number of benzene rings is 1. The van der Waals surface area contributed by atoms with Gasteiger partial charge in [-0.05, 0) is 42.4 Å². The molecule has 1 aliphatic rings. The van der Waals surface area contributed by atoms with Gasteiger partial charge < -0.3 is 5.32 Å². The lowest BCUT2D eigenvalue weighted by Crippen LogP contribution is -2.22. The van der Waals surface area contributed by atoms with Crippen LogP contribution in [0, 0.1) is 0 Å². The van der Waals surface area contributed by atoms with Crippen molar-refractivity contribution in [3.63, 3.8) is 0 Å². The van der Waals surface area contributed by atoms with Crippen molar-refractivity contribution < 1.29 is 0 Å². The van der Waals surface area contributed by atoms with E-state index in [9.17, 15) is 0 Å². The largest absolute Gasteiger partial charge is 0.309 e. The summed E-state index contributed by atoms with van der Waals surface area (Å²) in [6.45, 7) is 1.03. The minimum atomic E-state index is 0.409. The van der Waals surface area contributed by atoms with Gasteiger partial charge in [0.15, 0.2) is 0 Å². The minimum Gasteiger partial charge on any atom is -0.309 e. The highest BCUT2D eigenvalue weighted by Crippen LogP contribution is 2.38. The van der Waals surface area contributed by atoms with Gasteiger partial charge in [0.1, 0.15) is 0 Å². The molecular formula is C12H15Cl2NS. The molecule has 0 fully saturated rings. The van der Waals surface area contributed by atoms with Gasteiger partial charge >= 0.3 is 0 Å². The van der Waals surface area contributed by atoms with Crippen LogP contribution in [-0.4, -0.2) is 18.6 Å². The molecule has 2 rings (SSSR count). The van der Waals surface area contributed by atoms with E-state index in [0.29, 0.717) is 6.04 Å². The highest BCUT2D eigenvalue weighted by atomic mass is 35.5. The molecule has 1 aliphatic carbocycles. The summed E-state index contributed by atoms with van der Waals surface area (Å²) < 4.78 is 0. The summed E-state index contributed by atoms with van der Waals surface area (Å²) in [6, 6.07) is 4.29. The van der Waals surface area contributed by atoms with Crippen molar-refractivity contribution in [2.75, 3.05) is 18.6 Å². The Morgan fingerprint density at radius 3 is 3.00 bits per heavy atom. The molecule has 16 heavy (non-hydrogen) atoms. The molecule has 1 aromatic rings. The SMILES string of the molecule is CSCCNC1CCc2cc(Cl)cc(Cl)c21. The van der Waals surface area contributed by atoms with Gasteiger partial charge in [0.05, 0.1) is 0 Å². The standard InChI is InChI=1S/C12H15Cl2NS/c1-16-5-4-15-11-3-2-8-6-9(13)7-10(14)12(8)11/h6-7,11,15H,2-5H2,1H3. The quantitative estimate of drug-likeness (QED) is 0.836. The van der Waals surface area contributed by atoms with Gasteiger partial charge in [-0.1, -0.05) is 23.2 Å². The van der Waals surface area contributed by atoms with Gasteiger partial charge in [-0.2, -0.15) is 11.8 Å². The van der Waals surface area contributed by atoms with Crippen LogP contribution < -0.4 is 5.32 Å². The Kier molecular flexibility index (Phi) is 4.42. The molecule has 0 saturated carbocycles. The first-order valence-corrected chi connectivity index (χ1v) is 7.57. The summed E-state index contributed by atoms with van der Waals surface area (Å²) in [5, 5.41) is 5.10. The summed E-state index contributed by atoms with van der Waals surface area (Å²) in [7, 11) is 0. The Morgan fingerprint density at radius 2 is 2.25 bits per heavy atom. The summed E-state index contributed by atoms with van der Waals surface area (Å²) in [5.74, 6) is 1.14. The Hall–Kier alpha value is 0.110. The van der Waals surface area contributed by atoms with Crippen molar-refractivity contribution in [3.8, 4) is 0 Å². The third-order valence-electron chi connectivity index (χ3n) is 2.93. The van der Waals surface area contributed by atoms with Gasteiger partial charge in [-0.25, -0.2) is 0 Å². The highest BCUT2D eigenvalue weighted by Gasteiger charge is 2.24. The Balaban J connectivity index is 2.13. The molecule has 0 aliphatic heterocycles. The molecule has 0 aromatic heterocycles. The van der Waals surface area contributed by atoms with E-state index in [1.807, 2.05) is 23.9 Å². The van der Waals surface area contributed by atoms with Crippen molar-refractivity contribution in [2.45, 2.75) is 18.9 Å². The van der Waals surface area contributed by atoms with E-state index < -0.39 is 0 Å². The molecule has 0 bridgehead atoms. The first-order valence-electron chi connectivity index (χ1n) is 5.42. The first-order chi connectivity index (χ1) is 7.72. The molecule has 1 aromatic carbocycles. The van der Waals surface area contributed by atoms with E-state index in [2.05, 4.69) is 11.6 Å². The van der Waals surface area contributed by atoms with Gasteiger partial charge in [0, 0.05) is 28.4 Å². The van der Waals surface area contributed by atoms with E-state index in [0.717, 1.165) is 35.2 Å². The monoisotopic (exact) mass is 275 g/mol. The zero-order valence-electron chi connectivity index (χ0n) is 9.22. The molecule has 0 spiro atoms. The number of rotatable bonds is 4. The maximum atomic E-state index is 6.25.